The second kappa shape index (κ2) is 10.1. The number of halogens is 2. The van der Waals surface area contributed by atoms with Crippen LogP contribution in [0.15, 0.2) is 98.7 Å². The lowest BCUT2D eigenvalue weighted by Gasteiger charge is -2.30. The summed E-state index contributed by atoms with van der Waals surface area (Å²) in [6, 6.07) is 27.4. The van der Waals surface area contributed by atoms with E-state index in [1.807, 2.05) is 10.6 Å². The molecule has 0 spiro atoms. The molecule has 5 aromatic rings. The quantitative estimate of drug-likeness (QED) is 0.184. The molecule has 0 saturated heterocycles. The molecule has 7 heteroatoms. The maximum atomic E-state index is 14.1. The predicted octanol–water partition coefficient (Wildman–Crippen LogP) is 7.09. The van der Waals surface area contributed by atoms with E-state index >= 15 is 0 Å². The Hall–Kier alpha value is -3.01. The van der Waals surface area contributed by atoms with Crippen molar-refractivity contribution in [3.05, 3.63) is 146 Å². The fourth-order valence-electron chi connectivity index (χ4n) is 6.03. The van der Waals surface area contributed by atoms with Crippen LogP contribution >= 0.6 is 49.9 Å². The van der Waals surface area contributed by atoms with Crippen molar-refractivity contribution in [2.75, 3.05) is 0 Å². The fraction of sp³-hybridized carbons (Fsp3) is 0.152. The van der Waals surface area contributed by atoms with Crippen molar-refractivity contribution < 1.29 is 0 Å². The summed E-state index contributed by atoms with van der Waals surface area (Å²) in [6.45, 7) is 4.23. The van der Waals surface area contributed by atoms with E-state index in [1.165, 1.54) is 31.6 Å². The van der Waals surface area contributed by atoms with E-state index in [1.54, 1.807) is 0 Å². The zero-order valence-corrected chi connectivity index (χ0v) is 26.5. The summed E-state index contributed by atoms with van der Waals surface area (Å²) in [4.78, 5) is 20.0. The number of allylic oxidation sites excluding steroid dienone is 1. The molecule has 198 valence electrons. The number of hydrogen-bond donors (Lipinski definition) is 0. The van der Waals surface area contributed by atoms with Gasteiger partial charge in [-0.3, -0.25) is 9.36 Å². The van der Waals surface area contributed by atoms with E-state index in [0.717, 1.165) is 56.0 Å². The largest absolute Gasteiger partial charge is 0.318 e. The third-order valence-electron chi connectivity index (χ3n) is 7.90. The van der Waals surface area contributed by atoms with Crippen LogP contribution in [0.5, 0.6) is 0 Å². The highest BCUT2D eigenvalue weighted by Crippen LogP contribution is 2.41. The molecule has 0 saturated carbocycles. The van der Waals surface area contributed by atoms with E-state index < -0.39 is 0 Å². The lowest BCUT2D eigenvalue weighted by atomic mass is 9.83. The monoisotopic (exact) mass is 717 g/mol. The fourth-order valence-corrected chi connectivity index (χ4v) is 7.65. The highest BCUT2D eigenvalue weighted by atomic mass is 127. The molecule has 0 fully saturated rings. The van der Waals surface area contributed by atoms with Crippen LogP contribution in [-0.2, 0) is 6.42 Å². The standard InChI is InChI=1S/C33H25BrIN3OS/c1-19-17-23(20(2)37(19)26-14-12-25(35)13-15-26)18-29-32(39)38-31(22-7-10-24(34)11-8-22)28-16-9-21-5-3-4-6-27(21)30(28)36-33(38)40-29/h3-8,10-15,17-18,31H,9,16H2,1-2H3/b29-18+/t31-/m0/s1. The van der Waals surface area contributed by atoms with Crippen LogP contribution in [0, 0.1) is 17.4 Å². The van der Waals surface area contributed by atoms with Gasteiger partial charge in [0.05, 0.1) is 16.3 Å². The van der Waals surface area contributed by atoms with Crippen LogP contribution in [0.3, 0.4) is 0 Å². The minimum absolute atomic E-state index is 0.0149. The van der Waals surface area contributed by atoms with Crippen molar-refractivity contribution >= 4 is 61.6 Å². The molecule has 0 N–H and O–H groups in total. The van der Waals surface area contributed by atoms with Gasteiger partial charge in [0.15, 0.2) is 4.80 Å². The van der Waals surface area contributed by atoms with Gasteiger partial charge >= 0.3 is 0 Å². The molecule has 3 aromatic carbocycles. The predicted molar refractivity (Wildman–Crippen MR) is 175 cm³/mol. The molecule has 7 rings (SSSR count). The lowest BCUT2D eigenvalue weighted by Crippen LogP contribution is -2.38. The van der Waals surface area contributed by atoms with E-state index in [9.17, 15) is 4.79 Å². The summed E-state index contributed by atoms with van der Waals surface area (Å²) in [5, 5.41) is 0. The van der Waals surface area contributed by atoms with Crippen molar-refractivity contribution in [3.8, 4) is 5.69 Å². The lowest BCUT2D eigenvalue weighted by molar-refractivity contribution is 0.585. The highest BCUT2D eigenvalue weighted by molar-refractivity contribution is 14.1. The Morgan fingerprint density at radius 1 is 1.00 bits per heavy atom. The Balaban J connectivity index is 1.43. The molecule has 4 nitrogen and oxygen atoms in total. The second-order valence-corrected chi connectivity index (χ2v) is 13.5. The van der Waals surface area contributed by atoms with Crippen LogP contribution in [0.25, 0.3) is 17.5 Å². The number of thiazole rings is 1. The summed E-state index contributed by atoms with van der Waals surface area (Å²) in [5.41, 5.74) is 10.3. The molecule has 0 amide bonds. The van der Waals surface area contributed by atoms with Gasteiger partial charge in [-0.15, -0.1) is 0 Å². The van der Waals surface area contributed by atoms with Crippen LogP contribution in [0.2, 0.25) is 0 Å². The SMILES string of the molecule is Cc1cc(/C=c2/sc3n(c2=O)[C@@H](c2ccc(Br)cc2)C2=C(N=3)c3ccccc3CC2)c(C)n1-c1ccc(I)cc1. The number of hydrogen-bond acceptors (Lipinski definition) is 3. The van der Waals surface area contributed by atoms with Gasteiger partial charge in [-0.25, -0.2) is 4.99 Å². The molecule has 0 bridgehead atoms. The van der Waals surface area contributed by atoms with Gasteiger partial charge in [-0.05, 0) is 120 Å². The number of aryl methyl sites for hydroxylation is 2. The van der Waals surface area contributed by atoms with Gasteiger partial charge in [0.2, 0.25) is 0 Å². The third kappa shape index (κ3) is 4.30. The highest BCUT2D eigenvalue weighted by Gasteiger charge is 2.32. The Kier molecular flexibility index (Phi) is 6.56. The van der Waals surface area contributed by atoms with Crippen molar-refractivity contribution in [1.29, 1.82) is 0 Å². The number of rotatable bonds is 3. The molecule has 1 aliphatic carbocycles. The van der Waals surface area contributed by atoms with Crippen LogP contribution < -0.4 is 14.9 Å². The van der Waals surface area contributed by atoms with Crippen LogP contribution in [0.1, 0.15) is 46.1 Å². The first-order valence-electron chi connectivity index (χ1n) is 13.2. The van der Waals surface area contributed by atoms with Crippen molar-refractivity contribution in [3.63, 3.8) is 0 Å². The molecular weight excluding hydrogens is 693 g/mol. The van der Waals surface area contributed by atoms with E-state index in [2.05, 4.69) is 136 Å². The number of benzene rings is 3. The summed E-state index contributed by atoms with van der Waals surface area (Å²) in [5.74, 6) is 0. The van der Waals surface area contributed by atoms with Gasteiger partial charge in [-0.1, -0.05) is 63.7 Å². The molecule has 1 atom stereocenters. The summed E-state index contributed by atoms with van der Waals surface area (Å²) in [7, 11) is 0. The Bertz CT molecular complexity index is 2010. The molecule has 1 aliphatic heterocycles. The topological polar surface area (TPSA) is 39.3 Å². The first-order valence-corrected chi connectivity index (χ1v) is 15.9. The van der Waals surface area contributed by atoms with Gasteiger partial charge < -0.3 is 4.57 Å². The molecule has 3 heterocycles. The molecular formula is C33H25BrIN3OS. The first-order chi connectivity index (χ1) is 19.4. The Labute approximate surface area is 258 Å². The first kappa shape index (κ1) is 25.9. The Morgan fingerprint density at radius 3 is 2.52 bits per heavy atom. The number of fused-ring (bicyclic) bond motifs is 3. The summed E-state index contributed by atoms with van der Waals surface area (Å²) in [6.07, 6.45) is 3.88. The third-order valence-corrected chi connectivity index (χ3v) is 10.1. The maximum absolute atomic E-state index is 14.1. The zero-order valence-electron chi connectivity index (χ0n) is 22.0. The Morgan fingerprint density at radius 2 is 1.75 bits per heavy atom. The van der Waals surface area contributed by atoms with E-state index in [-0.39, 0.29) is 11.6 Å². The smallest absolute Gasteiger partial charge is 0.271 e. The molecule has 0 radical (unpaired) electrons. The van der Waals surface area contributed by atoms with Crippen molar-refractivity contribution in [1.82, 2.24) is 9.13 Å². The molecule has 2 aromatic heterocycles. The minimum atomic E-state index is -0.172. The molecule has 0 unspecified atom stereocenters. The molecule has 40 heavy (non-hydrogen) atoms. The van der Waals surface area contributed by atoms with E-state index in [4.69, 9.17) is 4.99 Å². The second-order valence-electron chi connectivity index (χ2n) is 10.3. The summed E-state index contributed by atoms with van der Waals surface area (Å²) < 4.78 is 7.10. The number of nitrogens with zero attached hydrogens (tertiary/aromatic N) is 3. The molecule has 2 aliphatic rings. The average molecular weight is 718 g/mol. The van der Waals surface area contributed by atoms with Crippen molar-refractivity contribution in [2.45, 2.75) is 32.7 Å². The minimum Gasteiger partial charge on any atom is -0.318 e. The van der Waals surface area contributed by atoms with Gasteiger partial charge in [0, 0.05) is 30.7 Å². The van der Waals surface area contributed by atoms with Gasteiger partial charge in [0.1, 0.15) is 0 Å². The van der Waals surface area contributed by atoms with Gasteiger partial charge in [0.25, 0.3) is 5.56 Å². The van der Waals surface area contributed by atoms with Crippen LogP contribution in [0.4, 0.5) is 0 Å². The van der Waals surface area contributed by atoms with E-state index in [0.29, 0.717) is 4.53 Å². The van der Waals surface area contributed by atoms with Gasteiger partial charge in [-0.2, -0.15) is 0 Å². The maximum Gasteiger partial charge on any atom is 0.271 e. The normalized spacial score (nSPS) is 16.4. The van der Waals surface area contributed by atoms with Crippen molar-refractivity contribution in [2.24, 2.45) is 4.99 Å². The average Bonchev–Trinajstić information content (AvgIpc) is 3.42. The number of aromatic nitrogens is 2. The summed E-state index contributed by atoms with van der Waals surface area (Å²) >= 11 is 7.39. The van der Waals surface area contributed by atoms with Crippen LogP contribution in [-0.4, -0.2) is 9.13 Å². The zero-order chi connectivity index (χ0) is 27.5.